The summed E-state index contributed by atoms with van der Waals surface area (Å²) in [6.45, 7) is 15.6. The molecule has 0 bridgehead atoms. The zero-order chi connectivity index (χ0) is 25.4. The van der Waals surface area contributed by atoms with Crippen LogP contribution >= 0.6 is 0 Å². The average Bonchev–Trinajstić information content (AvgIpc) is 3.40. The van der Waals surface area contributed by atoms with E-state index in [1.807, 2.05) is 13.8 Å². The van der Waals surface area contributed by atoms with Crippen molar-refractivity contribution in [3.8, 4) is 0 Å². The van der Waals surface area contributed by atoms with Gasteiger partial charge in [0.2, 0.25) is 0 Å². The number of rotatable bonds is 2. The third-order valence-corrected chi connectivity index (χ3v) is 13.3. The normalized spacial score (nSPS) is 54.3. The Bertz CT molecular complexity index is 1000. The van der Waals surface area contributed by atoms with Crippen LogP contribution in [0.5, 0.6) is 0 Å². The number of carbonyl (C=O) groups is 2. The van der Waals surface area contributed by atoms with E-state index in [0.29, 0.717) is 29.2 Å². The lowest BCUT2D eigenvalue weighted by Gasteiger charge is -2.62. The summed E-state index contributed by atoms with van der Waals surface area (Å²) in [5.41, 5.74) is -0.218. The van der Waals surface area contributed by atoms with Crippen molar-refractivity contribution in [1.29, 1.82) is 0 Å². The van der Waals surface area contributed by atoms with Crippen molar-refractivity contribution < 1.29 is 19.4 Å². The van der Waals surface area contributed by atoms with Crippen LogP contribution in [0.1, 0.15) is 99.8 Å². The van der Waals surface area contributed by atoms with E-state index >= 15 is 0 Å². The number of fused-ring (bicyclic) bond motifs is 4. The lowest BCUT2D eigenvalue weighted by molar-refractivity contribution is -0.143. The van der Waals surface area contributed by atoms with Gasteiger partial charge in [0, 0.05) is 5.41 Å². The first-order valence-corrected chi connectivity index (χ1v) is 14.3. The molecule has 4 saturated carbocycles. The van der Waals surface area contributed by atoms with Gasteiger partial charge in [-0.2, -0.15) is 0 Å². The summed E-state index contributed by atoms with van der Waals surface area (Å²) >= 11 is 0. The molecule has 1 heterocycles. The van der Waals surface area contributed by atoms with Gasteiger partial charge in [0.05, 0.1) is 23.4 Å². The molecule has 6 rings (SSSR count). The number of hydrogen-bond acceptors (Lipinski definition) is 4. The number of Topliss-reactive ketones (excluding diaryl/α,β-unsaturated/α-hetero) is 1. The predicted molar refractivity (Wildman–Crippen MR) is 136 cm³/mol. The van der Waals surface area contributed by atoms with Crippen molar-refractivity contribution in [3.63, 3.8) is 0 Å². The molecule has 35 heavy (non-hydrogen) atoms. The van der Waals surface area contributed by atoms with E-state index in [2.05, 4.69) is 40.7 Å². The van der Waals surface area contributed by atoms with Crippen LogP contribution < -0.4 is 0 Å². The van der Waals surface area contributed by atoms with E-state index in [-0.39, 0.29) is 39.7 Å². The second-order valence-corrected chi connectivity index (χ2v) is 15.3. The molecule has 1 saturated heterocycles. The van der Waals surface area contributed by atoms with Gasteiger partial charge in [-0.3, -0.25) is 9.59 Å². The van der Waals surface area contributed by atoms with Gasteiger partial charge in [-0.15, -0.1) is 0 Å². The van der Waals surface area contributed by atoms with E-state index < -0.39 is 11.0 Å². The fraction of sp³-hybridized carbons (Fsp3) is 0.871. The molecule has 4 nitrogen and oxygen atoms in total. The van der Waals surface area contributed by atoms with Gasteiger partial charge in [-0.05, 0) is 111 Å². The molecule has 0 aromatic carbocycles. The SMILES string of the molecule is C[C@@H]1CC[C@H](C(C)(C)O)O[C@H]2C[C@@]3(C)C4CCC5C(C)(C)C(=O)C(C=O)=C[C@@]56C[C@@]46CC[C@]3(C)[C@@H]12. The predicted octanol–water partition coefficient (Wildman–Crippen LogP) is 5.90. The maximum absolute atomic E-state index is 13.2. The second-order valence-electron chi connectivity index (χ2n) is 15.3. The lowest BCUT2D eigenvalue weighted by Crippen LogP contribution is -2.56. The summed E-state index contributed by atoms with van der Waals surface area (Å²) in [7, 11) is 0. The topological polar surface area (TPSA) is 63.6 Å². The Labute approximate surface area is 211 Å². The van der Waals surface area contributed by atoms with Crippen LogP contribution in [-0.4, -0.2) is 35.0 Å². The minimum atomic E-state index is -0.819. The molecule has 6 aliphatic rings. The monoisotopic (exact) mass is 482 g/mol. The van der Waals surface area contributed by atoms with E-state index in [4.69, 9.17) is 4.74 Å². The van der Waals surface area contributed by atoms with Crippen molar-refractivity contribution >= 4 is 12.1 Å². The molecular weight excluding hydrogens is 436 g/mol. The average molecular weight is 483 g/mol. The standard InChI is InChI=1S/C31H46O4/c1-18-8-11-23(27(4,5)34)35-20-15-29(7)22-10-9-21-26(2,3)25(33)19(16-32)14-31(21)17-30(22,31)13-12-28(29,6)24(18)20/h14,16,18,20-24,34H,8-13,15,17H2,1-7H3/t18-,20+,21?,22?,23-,24+,28-,29+,30+,31-/m1/s1. The molecule has 4 heteroatoms. The number of allylic oxidation sites excluding steroid dienone is 2. The Morgan fingerprint density at radius 3 is 2.37 bits per heavy atom. The molecule has 1 aliphatic heterocycles. The van der Waals surface area contributed by atoms with Gasteiger partial charge >= 0.3 is 0 Å². The summed E-state index contributed by atoms with van der Waals surface area (Å²) in [4.78, 5) is 25.1. The molecule has 0 radical (unpaired) electrons. The van der Waals surface area contributed by atoms with Gasteiger partial charge in [0.1, 0.15) is 0 Å². The number of carbonyl (C=O) groups excluding carboxylic acids is 2. The van der Waals surface area contributed by atoms with E-state index in [1.165, 1.54) is 19.3 Å². The third-order valence-electron chi connectivity index (χ3n) is 13.3. The molecule has 5 fully saturated rings. The van der Waals surface area contributed by atoms with Crippen molar-refractivity contribution in [2.75, 3.05) is 0 Å². The van der Waals surface area contributed by atoms with Crippen molar-refractivity contribution in [1.82, 2.24) is 0 Å². The maximum atomic E-state index is 13.2. The molecule has 0 aromatic rings. The fourth-order valence-corrected chi connectivity index (χ4v) is 11.5. The van der Waals surface area contributed by atoms with Crippen LogP contribution in [0.3, 0.4) is 0 Å². The molecule has 194 valence electrons. The van der Waals surface area contributed by atoms with Gasteiger partial charge < -0.3 is 9.84 Å². The largest absolute Gasteiger partial charge is 0.388 e. The smallest absolute Gasteiger partial charge is 0.171 e. The fourth-order valence-electron chi connectivity index (χ4n) is 11.5. The van der Waals surface area contributed by atoms with E-state index in [9.17, 15) is 14.7 Å². The Balaban J connectivity index is 1.41. The third kappa shape index (κ3) is 2.72. The zero-order valence-corrected chi connectivity index (χ0v) is 22.9. The summed E-state index contributed by atoms with van der Waals surface area (Å²) in [5, 5.41) is 10.9. The van der Waals surface area contributed by atoms with Crippen LogP contribution in [0.2, 0.25) is 0 Å². The molecule has 0 aromatic heterocycles. The highest BCUT2D eigenvalue weighted by Gasteiger charge is 2.83. The summed E-state index contributed by atoms with van der Waals surface area (Å²) in [6.07, 6.45) is 12.0. The number of ketones is 1. The molecule has 0 amide bonds. The van der Waals surface area contributed by atoms with Crippen LogP contribution in [0.15, 0.2) is 11.6 Å². The maximum Gasteiger partial charge on any atom is 0.171 e. The number of hydrogen-bond donors (Lipinski definition) is 1. The lowest BCUT2D eigenvalue weighted by atomic mass is 9.42. The summed E-state index contributed by atoms with van der Waals surface area (Å²) in [5.74, 6) is 2.11. The Morgan fingerprint density at radius 1 is 1.03 bits per heavy atom. The first-order chi connectivity index (χ1) is 16.2. The van der Waals surface area contributed by atoms with Crippen molar-refractivity contribution in [2.45, 2.75) is 118 Å². The van der Waals surface area contributed by atoms with E-state index in [0.717, 1.165) is 38.4 Å². The Morgan fingerprint density at radius 2 is 1.71 bits per heavy atom. The van der Waals surface area contributed by atoms with Gasteiger partial charge in [0.25, 0.3) is 0 Å². The molecule has 10 atom stereocenters. The quantitative estimate of drug-likeness (QED) is 0.393. The summed E-state index contributed by atoms with van der Waals surface area (Å²) in [6, 6.07) is 0. The Kier molecular flexibility index (Phi) is 4.80. The van der Waals surface area contributed by atoms with Crippen LogP contribution in [-0.2, 0) is 14.3 Å². The first-order valence-electron chi connectivity index (χ1n) is 14.3. The summed E-state index contributed by atoms with van der Waals surface area (Å²) < 4.78 is 6.85. The molecular formula is C31H46O4. The molecule has 2 spiro atoms. The Hall–Kier alpha value is -1.00. The molecule has 5 aliphatic carbocycles. The van der Waals surface area contributed by atoms with Crippen LogP contribution in [0, 0.1) is 50.7 Å². The van der Waals surface area contributed by atoms with Gasteiger partial charge in [-0.1, -0.05) is 40.7 Å². The zero-order valence-electron chi connectivity index (χ0n) is 22.9. The minimum Gasteiger partial charge on any atom is -0.388 e. The highest BCUT2D eigenvalue weighted by Crippen LogP contribution is 2.88. The number of ether oxygens (including phenoxy) is 1. The van der Waals surface area contributed by atoms with Crippen molar-refractivity contribution in [2.24, 2.45) is 50.7 Å². The van der Waals surface area contributed by atoms with Gasteiger partial charge in [0.15, 0.2) is 12.1 Å². The second kappa shape index (κ2) is 6.90. The van der Waals surface area contributed by atoms with E-state index in [1.54, 1.807) is 0 Å². The number of aldehydes is 1. The highest BCUT2D eigenvalue weighted by atomic mass is 16.5. The first kappa shape index (κ1) is 24.3. The molecule has 2 unspecified atom stereocenters. The van der Waals surface area contributed by atoms with Crippen molar-refractivity contribution in [3.05, 3.63) is 11.6 Å². The van der Waals surface area contributed by atoms with Crippen LogP contribution in [0.25, 0.3) is 0 Å². The highest BCUT2D eigenvalue weighted by molar-refractivity contribution is 6.15. The molecule has 1 N–H and O–H groups in total. The van der Waals surface area contributed by atoms with Crippen LogP contribution in [0.4, 0.5) is 0 Å². The van der Waals surface area contributed by atoms with Gasteiger partial charge in [-0.25, -0.2) is 0 Å². The number of aliphatic hydroxyl groups is 1. The minimum absolute atomic E-state index is 0.0145.